The molecule has 6 heteroatoms. The van der Waals surface area contributed by atoms with Crippen LogP contribution in [0, 0.1) is 6.92 Å². The lowest BCUT2D eigenvalue weighted by Crippen LogP contribution is -2.17. The Hall–Kier alpha value is -2.63. The third-order valence-corrected chi connectivity index (χ3v) is 3.29. The molecule has 1 atom stereocenters. The van der Waals surface area contributed by atoms with Gasteiger partial charge in [-0.05, 0) is 38.1 Å². The molecule has 0 aliphatic heterocycles. The lowest BCUT2D eigenvalue weighted by atomic mass is 10.2. The van der Waals surface area contributed by atoms with Crippen LogP contribution in [0.25, 0.3) is 11.0 Å². The van der Waals surface area contributed by atoms with Crippen molar-refractivity contribution in [3.63, 3.8) is 0 Å². The molecule has 2 aromatic heterocycles. The number of amides is 1. The zero-order valence-corrected chi connectivity index (χ0v) is 11.9. The predicted octanol–water partition coefficient (Wildman–Crippen LogP) is 2.92. The molecular formula is C15H16N4O2. The van der Waals surface area contributed by atoms with Gasteiger partial charge in [-0.2, -0.15) is 5.10 Å². The minimum absolute atomic E-state index is 0.0348. The van der Waals surface area contributed by atoms with E-state index in [-0.39, 0.29) is 11.9 Å². The van der Waals surface area contributed by atoms with Crippen LogP contribution in [-0.4, -0.2) is 20.7 Å². The molecule has 0 spiro atoms. The van der Waals surface area contributed by atoms with E-state index in [4.69, 9.17) is 4.42 Å². The lowest BCUT2D eigenvalue weighted by molar-refractivity contribution is -0.116. The molecule has 6 nitrogen and oxygen atoms in total. The molecule has 1 aromatic carbocycles. The monoisotopic (exact) mass is 284 g/mol. The van der Waals surface area contributed by atoms with Gasteiger partial charge in [-0.25, -0.2) is 9.67 Å². The fourth-order valence-electron chi connectivity index (χ4n) is 2.27. The highest BCUT2D eigenvalue weighted by molar-refractivity contribution is 5.93. The second-order valence-corrected chi connectivity index (χ2v) is 5.09. The molecule has 21 heavy (non-hydrogen) atoms. The van der Waals surface area contributed by atoms with Gasteiger partial charge in [0.1, 0.15) is 24.0 Å². The van der Waals surface area contributed by atoms with Crippen molar-refractivity contribution in [1.82, 2.24) is 14.8 Å². The first-order valence-corrected chi connectivity index (χ1v) is 6.76. The SMILES string of the molecule is Cc1cc2cc(NC(=O)CC(C)n3cncn3)ccc2o1. The van der Waals surface area contributed by atoms with Crippen molar-refractivity contribution in [3.8, 4) is 0 Å². The summed E-state index contributed by atoms with van der Waals surface area (Å²) >= 11 is 0. The van der Waals surface area contributed by atoms with Gasteiger partial charge in [0.25, 0.3) is 0 Å². The van der Waals surface area contributed by atoms with Crippen molar-refractivity contribution in [1.29, 1.82) is 0 Å². The number of carbonyl (C=O) groups is 1. The van der Waals surface area contributed by atoms with E-state index < -0.39 is 0 Å². The number of fused-ring (bicyclic) bond motifs is 1. The van der Waals surface area contributed by atoms with E-state index in [0.717, 1.165) is 22.4 Å². The molecule has 0 saturated carbocycles. The Morgan fingerprint density at radius 2 is 2.29 bits per heavy atom. The summed E-state index contributed by atoms with van der Waals surface area (Å²) in [6.07, 6.45) is 3.41. The average Bonchev–Trinajstić information content (AvgIpc) is 3.05. The standard InChI is InChI=1S/C15H16N4O2/c1-10(19-9-16-8-17-19)5-15(20)18-13-3-4-14-12(7-13)6-11(2)21-14/h3-4,6-10H,5H2,1-2H3,(H,18,20). The maximum Gasteiger partial charge on any atom is 0.226 e. The Morgan fingerprint density at radius 3 is 3.05 bits per heavy atom. The molecule has 0 aliphatic carbocycles. The summed E-state index contributed by atoms with van der Waals surface area (Å²) < 4.78 is 7.18. The van der Waals surface area contributed by atoms with E-state index >= 15 is 0 Å². The van der Waals surface area contributed by atoms with Crippen LogP contribution in [-0.2, 0) is 4.79 Å². The van der Waals surface area contributed by atoms with Gasteiger partial charge in [0.15, 0.2) is 0 Å². The molecule has 3 aromatic rings. The normalized spacial score (nSPS) is 12.5. The summed E-state index contributed by atoms with van der Waals surface area (Å²) in [5.41, 5.74) is 1.58. The van der Waals surface area contributed by atoms with E-state index in [9.17, 15) is 4.79 Å². The van der Waals surface area contributed by atoms with Gasteiger partial charge in [-0.15, -0.1) is 0 Å². The third-order valence-electron chi connectivity index (χ3n) is 3.29. The molecule has 0 fully saturated rings. The number of rotatable bonds is 4. The number of aryl methyl sites for hydroxylation is 1. The van der Waals surface area contributed by atoms with Gasteiger partial charge >= 0.3 is 0 Å². The highest BCUT2D eigenvalue weighted by Crippen LogP contribution is 2.23. The van der Waals surface area contributed by atoms with Gasteiger partial charge in [0.2, 0.25) is 5.91 Å². The number of hydrogen-bond donors (Lipinski definition) is 1. The highest BCUT2D eigenvalue weighted by atomic mass is 16.3. The molecule has 1 amide bonds. The van der Waals surface area contributed by atoms with E-state index in [1.54, 1.807) is 11.0 Å². The number of nitrogens with one attached hydrogen (secondary N) is 1. The van der Waals surface area contributed by atoms with Crippen LogP contribution in [0.1, 0.15) is 25.1 Å². The molecular weight excluding hydrogens is 268 g/mol. The van der Waals surface area contributed by atoms with Crippen LogP contribution in [0.3, 0.4) is 0 Å². The van der Waals surface area contributed by atoms with Gasteiger partial charge < -0.3 is 9.73 Å². The smallest absolute Gasteiger partial charge is 0.226 e. The van der Waals surface area contributed by atoms with Crippen molar-refractivity contribution < 1.29 is 9.21 Å². The number of benzene rings is 1. The molecule has 0 radical (unpaired) electrons. The summed E-state index contributed by atoms with van der Waals surface area (Å²) in [5, 5.41) is 7.91. The Labute approximate surface area is 121 Å². The van der Waals surface area contributed by atoms with Gasteiger partial charge in [0, 0.05) is 17.5 Å². The minimum atomic E-state index is -0.0578. The first-order valence-electron chi connectivity index (χ1n) is 6.76. The summed E-state index contributed by atoms with van der Waals surface area (Å²) in [4.78, 5) is 15.9. The average molecular weight is 284 g/mol. The number of nitrogens with zero attached hydrogens (tertiary/aromatic N) is 3. The number of furan rings is 1. The maximum absolute atomic E-state index is 12.1. The maximum atomic E-state index is 12.1. The molecule has 1 N–H and O–H groups in total. The highest BCUT2D eigenvalue weighted by Gasteiger charge is 2.12. The molecule has 2 heterocycles. The Bertz CT molecular complexity index is 761. The van der Waals surface area contributed by atoms with Crippen LogP contribution < -0.4 is 5.32 Å². The largest absolute Gasteiger partial charge is 0.461 e. The summed E-state index contributed by atoms with van der Waals surface area (Å²) in [5.74, 6) is 0.797. The zero-order valence-electron chi connectivity index (χ0n) is 11.9. The first-order chi connectivity index (χ1) is 10.1. The van der Waals surface area contributed by atoms with Gasteiger partial charge in [-0.3, -0.25) is 4.79 Å². The molecule has 3 rings (SSSR count). The van der Waals surface area contributed by atoms with Gasteiger partial charge in [-0.1, -0.05) is 0 Å². The van der Waals surface area contributed by atoms with Gasteiger partial charge in [0.05, 0.1) is 6.04 Å². The van der Waals surface area contributed by atoms with E-state index in [1.165, 1.54) is 6.33 Å². The third kappa shape index (κ3) is 2.94. The van der Waals surface area contributed by atoms with Crippen molar-refractivity contribution in [3.05, 3.63) is 42.7 Å². The fourth-order valence-corrected chi connectivity index (χ4v) is 2.27. The molecule has 0 saturated heterocycles. The Kier molecular flexibility index (Phi) is 3.43. The number of carbonyl (C=O) groups excluding carboxylic acids is 1. The minimum Gasteiger partial charge on any atom is -0.461 e. The van der Waals surface area contributed by atoms with Crippen molar-refractivity contribution in [2.24, 2.45) is 0 Å². The van der Waals surface area contributed by atoms with Crippen LogP contribution in [0.5, 0.6) is 0 Å². The Balaban J connectivity index is 1.68. The second kappa shape index (κ2) is 5.40. The van der Waals surface area contributed by atoms with Crippen LogP contribution in [0.2, 0.25) is 0 Å². The fraction of sp³-hybridized carbons (Fsp3) is 0.267. The van der Waals surface area contributed by atoms with Crippen LogP contribution in [0.15, 0.2) is 41.3 Å². The topological polar surface area (TPSA) is 73.0 Å². The lowest BCUT2D eigenvalue weighted by Gasteiger charge is -2.11. The molecule has 108 valence electrons. The second-order valence-electron chi connectivity index (χ2n) is 5.09. The zero-order chi connectivity index (χ0) is 14.8. The number of aromatic nitrogens is 3. The molecule has 1 unspecified atom stereocenters. The summed E-state index contributed by atoms with van der Waals surface area (Å²) in [6.45, 7) is 3.83. The van der Waals surface area contributed by atoms with Crippen molar-refractivity contribution >= 4 is 22.6 Å². The Morgan fingerprint density at radius 1 is 1.43 bits per heavy atom. The van der Waals surface area contributed by atoms with E-state index in [1.807, 2.05) is 38.1 Å². The molecule has 0 aliphatic rings. The van der Waals surface area contributed by atoms with Crippen molar-refractivity contribution in [2.75, 3.05) is 5.32 Å². The number of hydrogen-bond acceptors (Lipinski definition) is 4. The first kappa shape index (κ1) is 13.4. The summed E-state index contributed by atoms with van der Waals surface area (Å²) in [6, 6.07) is 7.52. The van der Waals surface area contributed by atoms with E-state index in [2.05, 4.69) is 15.4 Å². The molecule has 0 bridgehead atoms. The van der Waals surface area contributed by atoms with Crippen LogP contribution in [0.4, 0.5) is 5.69 Å². The van der Waals surface area contributed by atoms with Crippen LogP contribution >= 0.6 is 0 Å². The quantitative estimate of drug-likeness (QED) is 0.799. The predicted molar refractivity (Wildman–Crippen MR) is 78.9 cm³/mol. The number of anilines is 1. The van der Waals surface area contributed by atoms with Crippen molar-refractivity contribution in [2.45, 2.75) is 26.3 Å². The van der Waals surface area contributed by atoms with E-state index in [0.29, 0.717) is 6.42 Å². The summed E-state index contributed by atoms with van der Waals surface area (Å²) in [7, 11) is 0.